The third-order valence-electron chi connectivity index (χ3n) is 2.75. The molecule has 0 spiro atoms. The van der Waals surface area contributed by atoms with Crippen molar-refractivity contribution in [3.8, 4) is 0 Å². The van der Waals surface area contributed by atoms with Gasteiger partial charge in [0.15, 0.2) is 0 Å². The van der Waals surface area contributed by atoms with Gasteiger partial charge in [-0.15, -0.1) is 0 Å². The lowest BCUT2D eigenvalue weighted by Gasteiger charge is -2.24. The molecule has 2 nitrogen and oxygen atoms in total. The molecule has 0 aliphatic carbocycles. The number of rotatable bonds is 6. The zero-order valence-electron chi connectivity index (χ0n) is 10.3. The second-order valence-corrected chi connectivity index (χ2v) is 5.60. The predicted octanol–water partition coefficient (Wildman–Crippen LogP) is 2.58. The Morgan fingerprint density at radius 1 is 1.19 bits per heavy atom. The monoisotopic (exact) mass is 284 g/mol. The molecule has 0 aliphatic heterocycles. The third kappa shape index (κ3) is 5.10. The first-order valence-electron chi connectivity index (χ1n) is 5.67. The average molecular weight is 285 g/mol. The fraction of sp³-hybridized carbons (Fsp3) is 0.538. The normalized spacial score (nSPS) is 11.8. The molecule has 3 heteroatoms. The molecular weight excluding hydrogens is 264 g/mol. The van der Waals surface area contributed by atoms with Crippen LogP contribution < -0.4 is 10.6 Å². The number of halogens is 1. The standard InChI is InChI=1S/C13H21BrN2/c1-13(2,15-3)10-16-9-8-11-4-6-12(14)7-5-11/h4-7,15-16H,8-10H2,1-3H3. The Labute approximate surface area is 107 Å². The van der Waals surface area contributed by atoms with E-state index < -0.39 is 0 Å². The van der Waals surface area contributed by atoms with Crippen molar-refractivity contribution in [1.29, 1.82) is 0 Å². The molecule has 0 heterocycles. The van der Waals surface area contributed by atoms with E-state index >= 15 is 0 Å². The van der Waals surface area contributed by atoms with Crippen LogP contribution in [-0.2, 0) is 6.42 Å². The Morgan fingerprint density at radius 2 is 1.81 bits per heavy atom. The van der Waals surface area contributed by atoms with Gasteiger partial charge in [-0.2, -0.15) is 0 Å². The van der Waals surface area contributed by atoms with Crippen LogP contribution >= 0.6 is 15.9 Å². The SMILES string of the molecule is CNC(C)(C)CNCCc1ccc(Br)cc1. The summed E-state index contributed by atoms with van der Waals surface area (Å²) in [5.41, 5.74) is 1.54. The molecule has 0 saturated carbocycles. The summed E-state index contributed by atoms with van der Waals surface area (Å²) in [6.45, 7) is 6.39. The van der Waals surface area contributed by atoms with Gasteiger partial charge in [-0.25, -0.2) is 0 Å². The molecule has 16 heavy (non-hydrogen) atoms. The van der Waals surface area contributed by atoms with Crippen LogP contribution in [0.4, 0.5) is 0 Å². The Morgan fingerprint density at radius 3 is 2.38 bits per heavy atom. The van der Waals surface area contributed by atoms with Crippen molar-refractivity contribution in [2.24, 2.45) is 0 Å². The molecule has 0 fully saturated rings. The van der Waals surface area contributed by atoms with Gasteiger partial charge >= 0.3 is 0 Å². The molecule has 0 bridgehead atoms. The first-order chi connectivity index (χ1) is 7.53. The number of hydrogen-bond donors (Lipinski definition) is 2. The van der Waals surface area contributed by atoms with Crippen molar-refractivity contribution in [2.75, 3.05) is 20.1 Å². The zero-order chi connectivity index (χ0) is 12.0. The van der Waals surface area contributed by atoms with E-state index in [0.717, 1.165) is 24.0 Å². The first-order valence-corrected chi connectivity index (χ1v) is 6.47. The van der Waals surface area contributed by atoms with Crippen LogP contribution in [0.2, 0.25) is 0 Å². The minimum atomic E-state index is 0.166. The molecule has 0 radical (unpaired) electrons. The zero-order valence-corrected chi connectivity index (χ0v) is 11.9. The summed E-state index contributed by atoms with van der Waals surface area (Å²) in [5.74, 6) is 0. The molecule has 0 amide bonds. The van der Waals surface area contributed by atoms with Crippen molar-refractivity contribution in [3.05, 3.63) is 34.3 Å². The Bertz CT molecular complexity index is 306. The maximum atomic E-state index is 3.47. The molecular formula is C13H21BrN2. The summed E-state index contributed by atoms with van der Waals surface area (Å²) in [4.78, 5) is 0. The smallest absolute Gasteiger partial charge is 0.0246 e. The van der Waals surface area contributed by atoms with Gasteiger partial charge in [0, 0.05) is 16.6 Å². The molecule has 1 aromatic rings. The minimum Gasteiger partial charge on any atom is -0.315 e. The van der Waals surface area contributed by atoms with Gasteiger partial charge < -0.3 is 10.6 Å². The highest BCUT2D eigenvalue weighted by atomic mass is 79.9. The van der Waals surface area contributed by atoms with E-state index in [2.05, 4.69) is 64.7 Å². The quantitative estimate of drug-likeness (QED) is 0.785. The van der Waals surface area contributed by atoms with E-state index in [1.807, 2.05) is 7.05 Å². The van der Waals surface area contributed by atoms with Gasteiger partial charge in [0.2, 0.25) is 0 Å². The number of benzene rings is 1. The number of likely N-dealkylation sites (N-methyl/N-ethyl adjacent to an activating group) is 1. The summed E-state index contributed by atoms with van der Waals surface area (Å²) < 4.78 is 1.14. The van der Waals surface area contributed by atoms with Gasteiger partial charge in [0.25, 0.3) is 0 Å². The van der Waals surface area contributed by atoms with E-state index in [1.54, 1.807) is 0 Å². The highest BCUT2D eigenvalue weighted by molar-refractivity contribution is 9.10. The van der Waals surface area contributed by atoms with E-state index in [4.69, 9.17) is 0 Å². The fourth-order valence-electron chi connectivity index (χ4n) is 1.37. The van der Waals surface area contributed by atoms with E-state index in [0.29, 0.717) is 0 Å². The third-order valence-corrected chi connectivity index (χ3v) is 3.28. The maximum Gasteiger partial charge on any atom is 0.0246 e. The van der Waals surface area contributed by atoms with Crippen LogP contribution in [0.5, 0.6) is 0 Å². The van der Waals surface area contributed by atoms with Gasteiger partial charge in [-0.3, -0.25) is 0 Å². The summed E-state index contributed by atoms with van der Waals surface area (Å²) >= 11 is 3.44. The molecule has 0 aromatic heterocycles. The summed E-state index contributed by atoms with van der Waals surface area (Å²) in [5, 5.41) is 6.74. The summed E-state index contributed by atoms with van der Waals surface area (Å²) in [6, 6.07) is 8.50. The molecule has 0 unspecified atom stereocenters. The molecule has 1 rings (SSSR count). The highest BCUT2D eigenvalue weighted by Gasteiger charge is 2.12. The Balaban J connectivity index is 2.23. The van der Waals surface area contributed by atoms with Gasteiger partial charge in [-0.05, 0) is 51.6 Å². The Kier molecular flexibility index (Phi) is 5.46. The van der Waals surface area contributed by atoms with Crippen LogP contribution in [0, 0.1) is 0 Å². The van der Waals surface area contributed by atoms with Crippen molar-refractivity contribution in [3.63, 3.8) is 0 Å². The van der Waals surface area contributed by atoms with E-state index in [1.165, 1.54) is 5.56 Å². The summed E-state index contributed by atoms with van der Waals surface area (Å²) in [7, 11) is 2.00. The van der Waals surface area contributed by atoms with Crippen LogP contribution in [0.3, 0.4) is 0 Å². The van der Waals surface area contributed by atoms with Crippen molar-refractivity contribution < 1.29 is 0 Å². The molecule has 0 aliphatic rings. The van der Waals surface area contributed by atoms with Crippen molar-refractivity contribution in [1.82, 2.24) is 10.6 Å². The average Bonchev–Trinajstić information content (AvgIpc) is 2.27. The second kappa shape index (κ2) is 6.38. The summed E-state index contributed by atoms with van der Waals surface area (Å²) in [6.07, 6.45) is 1.08. The largest absolute Gasteiger partial charge is 0.315 e. The van der Waals surface area contributed by atoms with Crippen LogP contribution in [-0.4, -0.2) is 25.7 Å². The van der Waals surface area contributed by atoms with Crippen molar-refractivity contribution in [2.45, 2.75) is 25.8 Å². The molecule has 90 valence electrons. The molecule has 1 aromatic carbocycles. The van der Waals surface area contributed by atoms with Crippen molar-refractivity contribution >= 4 is 15.9 Å². The van der Waals surface area contributed by atoms with Crippen LogP contribution in [0.1, 0.15) is 19.4 Å². The first kappa shape index (κ1) is 13.7. The van der Waals surface area contributed by atoms with E-state index in [9.17, 15) is 0 Å². The molecule has 0 saturated heterocycles. The fourth-order valence-corrected chi connectivity index (χ4v) is 1.64. The lowest BCUT2D eigenvalue weighted by molar-refractivity contribution is 0.395. The van der Waals surface area contributed by atoms with Gasteiger partial charge in [-0.1, -0.05) is 28.1 Å². The van der Waals surface area contributed by atoms with Crippen LogP contribution in [0.15, 0.2) is 28.7 Å². The number of hydrogen-bond acceptors (Lipinski definition) is 2. The van der Waals surface area contributed by atoms with E-state index in [-0.39, 0.29) is 5.54 Å². The Hall–Kier alpha value is -0.380. The molecule has 0 atom stereocenters. The predicted molar refractivity (Wildman–Crippen MR) is 73.9 cm³/mol. The topological polar surface area (TPSA) is 24.1 Å². The van der Waals surface area contributed by atoms with Gasteiger partial charge in [0.1, 0.15) is 0 Å². The lowest BCUT2D eigenvalue weighted by atomic mass is 10.1. The number of nitrogens with one attached hydrogen (secondary N) is 2. The van der Waals surface area contributed by atoms with Crippen LogP contribution in [0.25, 0.3) is 0 Å². The highest BCUT2D eigenvalue weighted by Crippen LogP contribution is 2.10. The van der Waals surface area contributed by atoms with Gasteiger partial charge in [0.05, 0.1) is 0 Å². The maximum absolute atomic E-state index is 3.47. The second-order valence-electron chi connectivity index (χ2n) is 4.69. The lowest BCUT2D eigenvalue weighted by Crippen LogP contribution is -2.46. The minimum absolute atomic E-state index is 0.166. The molecule has 2 N–H and O–H groups in total.